The lowest BCUT2D eigenvalue weighted by molar-refractivity contribution is -0.142. The number of thioether (sulfide) groups is 1. The molecule has 0 saturated carbocycles. The molecular formula is C18H18ClNO4S2. The van der Waals surface area contributed by atoms with E-state index in [1.54, 1.807) is 24.3 Å². The third-order valence-electron chi connectivity index (χ3n) is 3.20. The van der Waals surface area contributed by atoms with Crippen LogP contribution in [0.4, 0.5) is 0 Å². The molecule has 1 amide bonds. The van der Waals surface area contributed by atoms with Gasteiger partial charge < -0.3 is 10.1 Å². The van der Waals surface area contributed by atoms with Crippen molar-refractivity contribution in [2.45, 2.75) is 24.8 Å². The van der Waals surface area contributed by atoms with Crippen molar-refractivity contribution in [3.63, 3.8) is 0 Å². The van der Waals surface area contributed by atoms with Crippen molar-refractivity contribution in [2.75, 3.05) is 12.4 Å². The summed E-state index contributed by atoms with van der Waals surface area (Å²) < 4.78 is 5.04. The second-order valence-corrected chi connectivity index (χ2v) is 8.09. The fourth-order valence-electron chi connectivity index (χ4n) is 1.91. The highest BCUT2D eigenvalue weighted by atomic mass is 35.5. The lowest BCUT2D eigenvalue weighted by Gasteiger charge is -2.04. The molecule has 138 valence electrons. The van der Waals surface area contributed by atoms with Crippen LogP contribution in [-0.4, -0.2) is 30.0 Å². The van der Waals surface area contributed by atoms with Crippen molar-refractivity contribution in [3.05, 3.63) is 51.2 Å². The number of ether oxygens (including phenoxy) is 1. The maximum atomic E-state index is 12.1. The van der Waals surface area contributed by atoms with Gasteiger partial charge in [-0.1, -0.05) is 11.6 Å². The lowest BCUT2D eigenvalue weighted by Crippen LogP contribution is -2.18. The van der Waals surface area contributed by atoms with Gasteiger partial charge in [0.25, 0.3) is 0 Å². The van der Waals surface area contributed by atoms with Gasteiger partial charge in [-0.05, 0) is 36.4 Å². The summed E-state index contributed by atoms with van der Waals surface area (Å²) >= 11 is 8.62. The zero-order valence-corrected chi connectivity index (χ0v) is 16.5. The summed E-state index contributed by atoms with van der Waals surface area (Å²) in [5.41, 5.74) is 0. The number of amides is 1. The summed E-state index contributed by atoms with van der Waals surface area (Å²) in [5.74, 6) is -0.219. The van der Waals surface area contributed by atoms with Gasteiger partial charge in [0, 0.05) is 27.5 Å². The van der Waals surface area contributed by atoms with Gasteiger partial charge in [-0.3, -0.25) is 14.4 Å². The summed E-state index contributed by atoms with van der Waals surface area (Å²) in [7, 11) is 0. The lowest BCUT2D eigenvalue weighted by atomic mass is 10.3. The smallest absolute Gasteiger partial charge is 0.307 e. The van der Waals surface area contributed by atoms with Gasteiger partial charge in [0.2, 0.25) is 11.7 Å². The first-order valence-electron chi connectivity index (χ1n) is 7.84. The van der Waals surface area contributed by atoms with E-state index in [0.29, 0.717) is 22.2 Å². The van der Waals surface area contributed by atoms with Crippen molar-refractivity contribution >= 4 is 52.4 Å². The van der Waals surface area contributed by atoms with Crippen LogP contribution in [-0.2, 0) is 20.9 Å². The quantitative estimate of drug-likeness (QED) is 0.384. The van der Waals surface area contributed by atoms with Crippen LogP contribution >= 0.6 is 34.7 Å². The molecule has 0 spiro atoms. The van der Waals surface area contributed by atoms with E-state index in [-0.39, 0.29) is 24.7 Å². The molecular weight excluding hydrogens is 394 g/mol. The third-order valence-corrected chi connectivity index (χ3v) is 5.59. The molecule has 0 fully saturated rings. The summed E-state index contributed by atoms with van der Waals surface area (Å²) in [6.07, 6.45) is 0.221. The van der Waals surface area contributed by atoms with Crippen LogP contribution in [0.5, 0.6) is 0 Å². The monoisotopic (exact) mass is 411 g/mol. The molecule has 0 radical (unpaired) electrons. The van der Waals surface area contributed by atoms with E-state index in [9.17, 15) is 14.4 Å². The van der Waals surface area contributed by atoms with E-state index in [2.05, 4.69) is 5.32 Å². The molecule has 0 saturated heterocycles. The minimum Gasteiger partial charge on any atom is -0.457 e. The largest absolute Gasteiger partial charge is 0.457 e. The second kappa shape index (κ2) is 10.4. The molecule has 1 aromatic carbocycles. The Morgan fingerprint density at radius 3 is 2.58 bits per heavy atom. The van der Waals surface area contributed by atoms with E-state index in [4.69, 9.17) is 16.3 Å². The van der Waals surface area contributed by atoms with Crippen LogP contribution in [0, 0.1) is 0 Å². The Bertz CT molecular complexity index is 774. The second-order valence-electron chi connectivity index (χ2n) is 5.31. The molecule has 0 unspecified atom stereocenters. The van der Waals surface area contributed by atoms with E-state index < -0.39 is 5.97 Å². The Labute approximate surface area is 165 Å². The molecule has 0 aliphatic heterocycles. The Morgan fingerprint density at radius 2 is 1.88 bits per heavy atom. The standard InChI is InChI=1S/C18H18ClNO4S2/c1-12(21)20-10-15-6-7-17(26-15)16(22)11-24-18(23)8-9-25-14-4-2-13(19)3-5-14/h2-7H,8-11H2,1H3,(H,20,21). The molecule has 1 N–H and O–H groups in total. The highest BCUT2D eigenvalue weighted by molar-refractivity contribution is 7.99. The van der Waals surface area contributed by atoms with Crippen LogP contribution in [0.3, 0.4) is 0 Å². The highest BCUT2D eigenvalue weighted by Crippen LogP contribution is 2.21. The Morgan fingerprint density at radius 1 is 1.15 bits per heavy atom. The van der Waals surface area contributed by atoms with Gasteiger partial charge in [0.05, 0.1) is 17.8 Å². The first kappa shape index (κ1) is 20.5. The van der Waals surface area contributed by atoms with E-state index in [1.165, 1.54) is 30.0 Å². The molecule has 5 nitrogen and oxygen atoms in total. The maximum Gasteiger partial charge on any atom is 0.307 e. The summed E-state index contributed by atoms with van der Waals surface area (Å²) in [5, 5.41) is 3.34. The van der Waals surface area contributed by atoms with Crippen LogP contribution in [0.25, 0.3) is 0 Å². The minimum atomic E-state index is -0.408. The fourth-order valence-corrected chi connectivity index (χ4v) is 3.74. The highest BCUT2D eigenvalue weighted by Gasteiger charge is 2.12. The predicted molar refractivity (Wildman–Crippen MR) is 104 cm³/mol. The third kappa shape index (κ3) is 7.19. The number of esters is 1. The molecule has 0 atom stereocenters. The number of halogens is 1. The number of Topliss-reactive ketones (excluding diaryl/α,β-unsaturated/α-hetero) is 1. The molecule has 8 heteroatoms. The van der Waals surface area contributed by atoms with Crippen molar-refractivity contribution in [3.8, 4) is 0 Å². The number of carbonyl (C=O) groups excluding carboxylic acids is 3. The van der Waals surface area contributed by atoms with Crippen molar-refractivity contribution in [1.29, 1.82) is 0 Å². The number of rotatable bonds is 9. The number of thiophene rings is 1. The van der Waals surface area contributed by atoms with Crippen molar-refractivity contribution in [1.82, 2.24) is 5.32 Å². The summed E-state index contributed by atoms with van der Waals surface area (Å²) in [6, 6.07) is 10.8. The normalized spacial score (nSPS) is 10.4. The maximum absolute atomic E-state index is 12.1. The zero-order valence-electron chi connectivity index (χ0n) is 14.1. The topological polar surface area (TPSA) is 72.5 Å². The molecule has 1 heterocycles. The average Bonchev–Trinajstić information content (AvgIpc) is 3.09. The van der Waals surface area contributed by atoms with Crippen LogP contribution in [0.15, 0.2) is 41.3 Å². The number of benzene rings is 1. The Hall–Kier alpha value is -1.83. The van der Waals surface area contributed by atoms with Crippen molar-refractivity contribution in [2.24, 2.45) is 0 Å². The van der Waals surface area contributed by atoms with Crippen LogP contribution in [0.2, 0.25) is 5.02 Å². The van der Waals surface area contributed by atoms with Crippen LogP contribution in [0.1, 0.15) is 27.9 Å². The van der Waals surface area contributed by atoms with Gasteiger partial charge in [0.15, 0.2) is 6.61 Å². The molecule has 26 heavy (non-hydrogen) atoms. The van der Waals surface area contributed by atoms with E-state index in [1.807, 2.05) is 12.1 Å². The molecule has 0 aliphatic rings. The first-order chi connectivity index (χ1) is 12.4. The summed E-state index contributed by atoms with van der Waals surface area (Å²) in [6.45, 7) is 1.55. The Balaban J connectivity index is 1.68. The van der Waals surface area contributed by atoms with E-state index in [0.717, 1.165) is 9.77 Å². The van der Waals surface area contributed by atoms with Gasteiger partial charge in [-0.2, -0.15) is 0 Å². The van der Waals surface area contributed by atoms with Gasteiger partial charge in [0.1, 0.15) is 0 Å². The van der Waals surface area contributed by atoms with Crippen LogP contribution < -0.4 is 5.32 Å². The molecule has 2 rings (SSSR count). The minimum absolute atomic E-state index is 0.128. The number of carbonyl (C=O) groups is 3. The van der Waals surface area contributed by atoms with Crippen molar-refractivity contribution < 1.29 is 19.1 Å². The molecule has 1 aromatic heterocycles. The summed E-state index contributed by atoms with van der Waals surface area (Å²) in [4.78, 5) is 37.1. The van der Waals surface area contributed by atoms with Gasteiger partial charge in [-0.25, -0.2) is 0 Å². The number of hydrogen-bond donors (Lipinski definition) is 1. The fraction of sp³-hybridized carbons (Fsp3) is 0.278. The number of nitrogens with one attached hydrogen (secondary N) is 1. The average molecular weight is 412 g/mol. The molecule has 0 aliphatic carbocycles. The molecule has 2 aromatic rings. The Kier molecular flexibility index (Phi) is 8.15. The van der Waals surface area contributed by atoms with Gasteiger partial charge >= 0.3 is 5.97 Å². The SMILES string of the molecule is CC(=O)NCc1ccc(C(=O)COC(=O)CCSc2ccc(Cl)cc2)s1. The number of ketones is 1. The first-order valence-corrected chi connectivity index (χ1v) is 10.0. The predicted octanol–water partition coefficient (Wildman–Crippen LogP) is 3.95. The van der Waals surface area contributed by atoms with E-state index >= 15 is 0 Å². The number of hydrogen-bond acceptors (Lipinski definition) is 6. The molecule has 0 bridgehead atoms. The zero-order chi connectivity index (χ0) is 18.9. The van der Waals surface area contributed by atoms with Gasteiger partial charge in [-0.15, -0.1) is 23.1 Å².